The van der Waals surface area contributed by atoms with Gasteiger partial charge in [0.1, 0.15) is 11.8 Å². The van der Waals surface area contributed by atoms with E-state index in [2.05, 4.69) is 16.4 Å². The van der Waals surface area contributed by atoms with Crippen LogP contribution in [0.2, 0.25) is 0 Å². The van der Waals surface area contributed by atoms with Gasteiger partial charge >= 0.3 is 0 Å². The van der Waals surface area contributed by atoms with Crippen LogP contribution in [-0.4, -0.2) is 12.1 Å². The lowest BCUT2D eigenvalue weighted by Gasteiger charge is -2.13. The summed E-state index contributed by atoms with van der Waals surface area (Å²) in [5.41, 5.74) is 2.62. The third-order valence-electron chi connectivity index (χ3n) is 2.78. The Bertz CT molecular complexity index is 587. The maximum Gasteiger partial charge on any atom is 0.141 e. The zero-order chi connectivity index (χ0) is 13.7. The van der Waals surface area contributed by atoms with Gasteiger partial charge in [0.05, 0.1) is 13.2 Å². The van der Waals surface area contributed by atoms with Crippen molar-refractivity contribution >= 4 is 5.69 Å². The maximum absolute atomic E-state index is 9.27. The minimum Gasteiger partial charge on any atom is -0.497 e. The summed E-state index contributed by atoms with van der Waals surface area (Å²) in [4.78, 5) is 4.21. The quantitative estimate of drug-likeness (QED) is 0.909. The molecule has 0 aliphatic rings. The second kappa shape index (κ2) is 5.87. The lowest BCUT2D eigenvalue weighted by Crippen LogP contribution is -2.09. The van der Waals surface area contributed by atoms with Gasteiger partial charge in [0.2, 0.25) is 0 Å². The van der Waals surface area contributed by atoms with E-state index < -0.39 is 6.04 Å². The normalized spacial score (nSPS) is 11.4. The van der Waals surface area contributed by atoms with Gasteiger partial charge in [0.15, 0.2) is 0 Å². The number of hydrogen-bond acceptors (Lipinski definition) is 4. The SMILES string of the molecule is COc1cccc(NC(C#N)c2ccc(C)nc2)c1. The van der Waals surface area contributed by atoms with Crippen LogP contribution in [0.25, 0.3) is 0 Å². The number of aryl methyl sites for hydroxylation is 1. The van der Waals surface area contributed by atoms with Gasteiger partial charge < -0.3 is 10.1 Å². The molecule has 1 aromatic heterocycles. The molecule has 0 spiro atoms. The van der Waals surface area contributed by atoms with Crippen LogP contribution in [0.15, 0.2) is 42.6 Å². The highest BCUT2D eigenvalue weighted by molar-refractivity contribution is 5.51. The van der Waals surface area contributed by atoms with Crippen molar-refractivity contribution in [1.82, 2.24) is 4.98 Å². The molecule has 0 saturated heterocycles. The average molecular weight is 253 g/mol. The molecule has 0 saturated carbocycles. The molecule has 4 nitrogen and oxygen atoms in total. The third-order valence-corrected chi connectivity index (χ3v) is 2.78. The molecule has 1 aromatic carbocycles. The van der Waals surface area contributed by atoms with Crippen LogP contribution in [0.4, 0.5) is 5.69 Å². The van der Waals surface area contributed by atoms with Crippen LogP contribution in [-0.2, 0) is 0 Å². The third kappa shape index (κ3) is 3.23. The summed E-state index contributed by atoms with van der Waals surface area (Å²) in [6.07, 6.45) is 1.72. The number of methoxy groups -OCH3 is 1. The smallest absolute Gasteiger partial charge is 0.141 e. The molecule has 0 amide bonds. The summed E-state index contributed by atoms with van der Waals surface area (Å²) in [5, 5.41) is 12.4. The Morgan fingerprint density at radius 3 is 2.79 bits per heavy atom. The summed E-state index contributed by atoms with van der Waals surface area (Å²) >= 11 is 0. The molecule has 0 fully saturated rings. The van der Waals surface area contributed by atoms with E-state index in [9.17, 15) is 5.26 Å². The Hall–Kier alpha value is -2.54. The number of anilines is 1. The predicted molar refractivity (Wildman–Crippen MR) is 73.9 cm³/mol. The van der Waals surface area contributed by atoms with Crippen molar-refractivity contribution in [3.8, 4) is 11.8 Å². The van der Waals surface area contributed by atoms with Crippen LogP contribution < -0.4 is 10.1 Å². The number of nitriles is 1. The number of hydrogen-bond donors (Lipinski definition) is 1. The first kappa shape index (κ1) is 12.9. The van der Waals surface area contributed by atoms with Crippen molar-refractivity contribution < 1.29 is 4.74 Å². The molecule has 1 heterocycles. The molecular weight excluding hydrogens is 238 g/mol. The molecule has 0 aliphatic carbocycles. The molecule has 96 valence electrons. The number of benzene rings is 1. The molecule has 1 unspecified atom stereocenters. The molecule has 0 radical (unpaired) electrons. The van der Waals surface area contributed by atoms with E-state index in [1.54, 1.807) is 13.3 Å². The molecule has 19 heavy (non-hydrogen) atoms. The monoisotopic (exact) mass is 253 g/mol. The fourth-order valence-electron chi connectivity index (χ4n) is 1.72. The first-order valence-corrected chi connectivity index (χ1v) is 5.95. The Balaban J connectivity index is 2.19. The van der Waals surface area contributed by atoms with Gasteiger partial charge in [0.25, 0.3) is 0 Å². The number of rotatable bonds is 4. The molecule has 0 bridgehead atoms. The van der Waals surface area contributed by atoms with Crippen molar-refractivity contribution in [2.45, 2.75) is 13.0 Å². The molecule has 1 N–H and O–H groups in total. The molecule has 0 aliphatic heterocycles. The summed E-state index contributed by atoms with van der Waals surface area (Å²) in [6.45, 7) is 1.92. The van der Waals surface area contributed by atoms with Crippen molar-refractivity contribution in [2.75, 3.05) is 12.4 Å². The fraction of sp³-hybridized carbons (Fsp3) is 0.200. The second-order valence-corrected chi connectivity index (χ2v) is 4.17. The summed E-state index contributed by atoms with van der Waals surface area (Å²) < 4.78 is 5.16. The number of nitrogens with zero attached hydrogens (tertiary/aromatic N) is 2. The minimum absolute atomic E-state index is 0.430. The van der Waals surface area contributed by atoms with Crippen LogP contribution in [0, 0.1) is 18.3 Å². The van der Waals surface area contributed by atoms with Crippen LogP contribution >= 0.6 is 0 Å². The molecule has 2 rings (SSSR count). The number of ether oxygens (including phenoxy) is 1. The van der Waals surface area contributed by atoms with E-state index in [0.717, 1.165) is 22.7 Å². The van der Waals surface area contributed by atoms with Crippen LogP contribution in [0.1, 0.15) is 17.3 Å². The first-order chi connectivity index (χ1) is 9.22. The van der Waals surface area contributed by atoms with Crippen molar-refractivity contribution in [3.63, 3.8) is 0 Å². The van der Waals surface area contributed by atoms with E-state index in [0.29, 0.717) is 0 Å². The van der Waals surface area contributed by atoms with Gasteiger partial charge in [-0.1, -0.05) is 12.1 Å². The van der Waals surface area contributed by atoms with Gasteiger partial charge in [-0.15, -0.1) is 0 Å². The molecule has 2 aromatic rings. The second-order valence-electron chi connectivity index (χ2n) is 4.17. The van der Waals surface area contributed by atoms with Gasteiger partial charge in [0, 0.05) is 29.2 Å². The zero-order valence-electron chi connectivity index (χ0n) is 10.9. The zero-order valence-corrected chi connectivity index (χ0v) is 10.9. The lowest BCUT2D eigenvalue weighted by molar-refractivity contribution is 0.415. The minimum atomic E-state index is -0.430. The summed E-state index contributed by atoms with van der Waals surface area (Å²) in [6, 6.07) is 13.1. The van der Waals surface area contributed by atoms with Gasteiger partial charge in [-0.3, -0.25) is 4.98 Å². The largest absolute Gasteiger partial charge is 0.497 e. The van der Waals surface area contributed by atoms with Crippen molar-refractivity contribution in [3.05, 3.63) is 53.9 Å². The number of pyridine rings is 1. The Labute approximate surface area is 112 Å². The van der Waals surface area contributed by atoms with E-state index >= 15 is 0 Å². The van der Waals surface area contributed by atoms with Gasteiger partial charge in [-0.25, -0.2) is 0 Å². The Morgan fingerprint density at radius 1 is 1.32 bits per heavy atom. The van der Waals surface area contributed by atoms with Crippen molar-refractivity contribution in [1.29, 1.82) is 5.26 Å². The van der Waals surface area contributed by atoms with E-state index in [1.807, 2.05) is 43.3 Å². The standard InChI is InChI=1S/C15H15N3O/c1-11-6-7-12(10-17-11)15(9-16)18-13-4-3-5-14(8-13)19-2/h3-8,10,15,18H,1-2H3. The Kier molecular flexibility index (Phi) is 3.99. The highest BCUT2D eigenvalue weighted by Crippen LogP contribution is 2.22. The lowest BCUT2D eigenvalue weighted by atomic mass is 10.1. The fourth-order valence-corrected chi connectivity index (χ4v) is 1.72. The average Bonchev–Trinajstić information content (AvgIpc) is 2.46. The van der Waals surface area contributed by atoms with Crippen LogP contribution in [0.3, 0.4) is 0 Å². The van der Waals surface area contributed by atoms with E-state index in [-0.39, 0.29) is 0 Å². The summed E-state index contributed by atoms with van der Waals surface area (Å²) in [7, 11) is 1.62. The molecular formula is C15H15N3O. The topological polar surface area (TPSA) is 57.9 Å². The van der Waals surface area contributed by atoms with E-state index in [4.69, 9.17) is 4.74 Å². The predicted octanol–water partition coefficient (Wildman–Crippen LogP) is 3.08. The highest BCUT2D eigenvalue weighted by atomic mass is 16.5. The number of nitrogens with one attached hydrogen (secondary N) is 1. The highest BCUT2D eigenvalue weighted by Gasteiger charge is 2.10. The first-order valence-electron chi connectivity index (χ1n) is 5.95. The van der Waals surface area contributed by atoms with E-state index in [1.165, 1.54) is 0 Å². The van der Waals surface area contributed by atoms with Crippen molar-refractivity contribution in [2.24, 2.45) is 0 Å². The Morgan fingerprint density at radius 2 is 2.16 bits per heavy atom. The number of aromatic nitrogens is 1. The molecule has 4 heteroatoms. The molecule has 1 atom stereocenters. The van der Waals surface area contributed by atoms with Gasteiger partial charge in [-0.2, -0.15) is 5.26 Å². The maximum atomic E-state index is 9.27. The van der Waals surface area contributed by atoms with Crippen LogP contribution in [0.5, 0.6) is 5.75 Å². The summed E-state index contributed by atoms with van der Waals surface area (Å²) in [5.74, 6) is 0.753. The van der Waals surface area contributed by atoms with Gasteiger partial charge in [-0.05, 0) is 25.1 Å².